The number of nitrogens with zero attached hydrogens (tertiary/aromatic N) is 1. The highest BCUT2D eigenvalue weighted by Gasteiger charge is 2.35. The van der Waals surface area contributed by atoms with E-state index in [1.165, 1.54) is 13.2 Å². The first kappa shape index (κ1) is 24.3. The maximum absolute atomic E-state index is 13.7. The molecule has 1 heterocycles. The van der Waals surface area contributed by atoms with Gasteiger partial charge in [-0.3, -0.25) is 5.32 Å². The molecule has 0 saturated carbocycles. The van der Waals surface area contributed by atoms with Crippen molar-refractivity contribution in [2.45, 2.75) is 38.5 Å². The van der Waals surface area contributed by atoms with Gasteiger partial charge in [0.05, 0.1) is 25.3 Å². The molecule has 0 radical (unpaired) electrons. The summed E-state index contributed by atoms with van der Waals surface area (Å²) < 4.78 is 45.7. The van der Waals surface area contributed by atoms with Gasteiger partial charge in [-0.2, -0.15) is 13.2 Å². The molecule has 1 unspecified atom stereocenters. The highest BCUT2D eigenvalue weighted by atomic mass is 19.4. The lowest BCUT2D eigenvalue weighted by atomic mass is 9.92. The number of hydrogen-bond donors (Lipinski definition) is 1. The molecule has 3 aromatic rings. The van der Waals surface area contributed by atoms with Crippen molar-refractivity contribution < 1.29 is 22.6 Å². The van der Waals surface area contributed by atoms with Gasteiger partial charge in [0, 0.05) is 11.1 Å². The van der Waals surface area contributed by atoms with Gasteiger partial charge < -0.3 is 14.6 Å². The van der Waals surface area contributed by atoms with E-state index in [-0.39, 0.29) is 31.7 Å². The third-order valence-corrected chi connectivity index (χ3v) is 6.41. The Labute approximate surface area is 198 Å². The Morgan fingerprint density at radius 1 is 1.03 bits per heavy atom. The zero-order chi connectivity index (χ0) is 24.5. The molecule has 180 valence electrons. The minimum absolute atomic E-state index is 0.0787. The van der Waals surface area contributed by atoms with Gasteiger partial charge in [0.15, 0.2) is 0 Å². The number of nitrogens with one attached hydrogen (secondary N) is 1. The fourth-order valence-corrected chi connectivity index (χ4v) is 4.54. The van der Waals surface area contributed by atoms with E-state index in [9.17, 15) is 18.4 Å². The minimum atomic E-state index is -4.50. The van der Waals surface area contributed by atoms with E-state index in [1.807, 2.05) is 48.5 Å². The van der Waals surface area contributed by atoms with Crippen LogP contribution in [0.15, 0.2) is 66.7 Å². The van der Waals surface area contributed by atoms with Crippen LogP contribution in [0.25, 0.3) is 11.1 Å². The molecule has 1 N–H and O–H groups in total. The molecule has 7 heteroatoms. The molecule has 1 aliphatic rings. The Bertz CT molecular complexity index is 1150. The second-order valence-corrected chi connectivity index (χ2v) is 9.21. The zero-order valence-electron chi connectivity index (χ0n) is 19.5. The predicted molar refractivity (Wildman–Crippen MR) is 127 cm³/mol. The maximum Gasteiger partial charge on any atom is 0.416 e. The van der Waals surface area contributed by atoms with Gasteiger partial charge in [0.1, 0.15) is 19.0 Å². The van der Waals surface area contributed by atoms with Crippen LogP contribution in [-0.2, 0) is 12.7 Å². The van der Waals surface area contributed by atoms with Crippen molar-refractivity contribution in [3.63, 3.8) is 0 Å². The third-order valence-electron chi connectivity index (χ3n) is 6.41. The highest BCUT2D eigenvalue weighted by Crippen LogP contribution is 2.40. The number of alkyl halides is 3. The van der Waals surface area contributed by atoms with Gasteiger partial charge in [-0.1, -0.05) is 56.3 Å². The molecular weight excluding hydrogens is 441 g/mol. The number of halogens is 3. The van der Waals surface area contributed by atoms with Crippen molar-refractivity contribution in [2.75, 3.05) is 20.3 Å². The second kappa shape index (κ2) is 9.41. The SMILES string of the molecule is COc1ccc(C(C)C)cc1-c1ccc(C(F)(F)F)cc1C[N+]1([O-])CN[C@H](c2ccccc2)C1. The van der Waals surface area contributed by atoms with Crippen LogP contribution in [0, 0.1) is 5.21 Å². The first-order chi connectivity index (χ1) is 16.1. The van der Waals surface area contributed by atoms with Crippen LogP contribution < -0.4 is 10.1 Å². The Morgan fingerprint density at radius 2 is 1.76 bits per heavy atom. The molecule has 0 bridgehead atoms. The minimum Gasteiger partial charge on any atom is -0.632 e. The van der Waals surface area contributed by atoms with Crippen molar-refractivity contribution in [1.29, 1.82) is 0 Å². The van der Waals surface area contributed by atoms with E-state index >= 15 is 0 Å². The lowest BCUT2D eigenvalue weighted by molar-refractivity contribution is -0.883. The van der Waals surface area contributed by atoms with Crippen LogP contribution in [0.5, 0.6) is 5.75 Å². The van der Waals surface area contributed by atoms with E-state index in [0.717, 1.165) is 23.3 Å². The molecule has 0 aromatic heterocycles. The van der Waals surface area contributed by atoms with Crippen molar-refractivity contribution in [3.05, 3.63) is 94.2 Å². The van der Waals surface area contributed by atoms with Crippen molar-refractivity contribution in [1.82, 2.24) is 5.32 Å². The molecule has 1 fully saturated rings. The summed E-state index contributed by atoms with van der Waals surface area (Å²) in [6.45, 7) is 4.39. The number of rotatable bonds is 6. The molecule has 2 atom stereocenters. The molecule has 0 spiro atoms. The third kappa shape index (κ3) is 5.12. The molecular formula is C27H29F3N2O2. The van der Waals surface area contributed by atoms with Crippen LogP contribution in [-0.4, -0.2) is 25.0 Å². The van der Waals surface area contributed by atoms with Gasteiger partial charge in [-0.15, -0.1) is 0 Å². The van der Waals surface area contributed by atoms with E-state index in [1.54, 1.807) is 0 Å². The smallest absolute Gasteiger partial charge is 0.416 e. The molecule has 1 saturated heterocycles. The van der Waals surface area contributed by atoms with Crippen LogP contribution >= 0.6 is 0 Å². The predicted octanol–water partition coefficient (Wildman–Crippen LogP) is 6.62. The van der Waals surface area contributed by atoms with E-state index < -0.39 is 16.4 Å². The Morgan fingerprint density at radius 3 is 2.41 bits per heavy atom. The average molecular weight is 471 g/mol. The van der Waals surface area contributed by atoms with E-state index in [0.29, 0.717) is 22.4 Å². The summed E-state index contributed by atoms with van der Waals surface area (Å²) in [7, 11) is 1.54. The molecule has 0 aliphatic carbocycles. The Hall–Kier alpha value is -2.87. The molecule has 4 rings (SSSR count). The summed E-state index contributed by atoms with van der Waals surface area (Å²) in [6, 6.07) is 18.9. The van der Waals surface area contributed by atoms with Crippen molar-refractivity contribution in [3.8, 4) is 16.9 Å². The summed E-state index contributed by atoms with van der Waals surface area (Å²) in [5, 5.41) is 16.9. The number of hydrogen-bond acceptors (Lipinski definition) is 3. The normalized spacial score (nSPS) is 20.6. The number of ether oxygens (including phenoxy) is 1. The van der Waals surface area contributed by atoms with Crippen LogP contribution in [0.2, 0.25) is 0 Å². The maximum atomic E-state index is 13.7. The van der Waals surface area contributed by atoms with Crippen molar-refractivity contribution >= 4 is 0 Å². The van der Waals surface area contributed by atoms with Crippen molar-refractivity contribution in [2.24, 2.45) is 0 Å². The number of methoxy groups -OCH3 is 1. The lowest BCUT2D eigenvalue weighted by Crippen LogP contribution is -2.40. The molecule has 4 nitrogen and oxygen atoms in total. The number of hydroxylamine groups is 3. The largest absolute Gasteiger partial charge is 0.632 e. The Kier molecular flexibility index (Phi) is 6.71. The monoisotopic (exact) mass is 470 g/mol. The number of quaternary nitrogens is 1. The molecule has 1 aliphatic heterocycles. The van der Waals surface area contributed by atoms with Gasteiger partial charge >= 0.3 is 6.18 Å². The summed E-state index contributed by atoms with van der Waals surface area (Å²) in [4.78, 5) is 0. The summed E-state index contributed by atoms with van der Waals surface area (Å²) in [5.74, 6) is 0.791. The first-order valence-corrected chi connectivity index (χ1v) is 11.3. The highest BCUT2D eigenvalue weighted by molar-refractivity contribution is 5.74. The van der Waals surface area contributed by atoms with Gasteiger partial charge in [-0.05, 0) is 46.9 Å². The summed E-state index contributed by atoms with van der Waals surface area (Å²) in [6.07, 6.45) is -4.50. The van der Waals surface area contributed by atoms with Crippen LogP contribution in [0.1, 0.15) is 48.1 Å². The summed E-state index contributed by atoms with van der Waals surface area (Å²) >= 11 is 0. The quantitative estimate of drug-likeness (QED) is 0.325. The van der Waals surface area contributed by atoms with Crippen LogP contribution in [0.4, 0.5) is 13.2 Å². The fraction of sp³-hybridized carbons (Fsp3) is 0.333. The van der Waals surface area contributed by atoms with Crippen LogP contribution in [0.3, 0.4) is 0 Å². The first-order valence-electron chi connectivity index (χ1n) is 11.3. The second-order valence-electron chi connectivity index (χ2n) is 9.21. The van der Waals surface area contributed by atoms with Gasteiger partial charge in [0.25, 0.3) is 0 Å². The number of benzene rings is 3. The summed E-state index contributed by atoms with van der Waals surface area (Å²) in [5.41, 5.74) is 2.91. The topological polar surface area (TPSA) is 44.3 Å². The Balaban J connectivity index is 1.75. The molecule has 3 aromatic carbocycles. The zero-order valence-corrected chi connectivity index (χ0v) is 19.5. The molecule has 34 heavy (non-hydrogen) atoms. The molecule has 0 amide bonds. The standard InChI is InChI=1S/C27H29F3N2O2/c1-18(2)20-9-12-26(34-3)24(14-20)23-11-10-22(27(28,29)30)13-21(23)15-32(33)16-25(31-17-32)19-7-5-4-6-8-19/h4-14,18,25,31H,15-17H2,1-3H3/t25-,32?/m0/s1. The average Bonchev–Trinajstić information content (AvgIpc) is 3.20. The fourth-order valence-electron chi connectivity index (χ4n) is 4.54. The van der Waals surface area contributed by atoms with E-state index in [4.69, 9.17) is 4.74 Å². The van der Waals surface area contributed by atoms with Gasteiger partial charge in [-0.25, -0.2) is 0 Å². The van der Waals surface area contributed by atoms with E-state index in [2.05, 4.69) is 19.2 Å². The lowest BCUT2D eigenvalue weighted by Gasteiger charge is -2.38. The van der Waals surface area contributed by atoms with Gasteiger partial charge in [0.2, 0.25) is 0 Å².